The van der Waals surface area contributed by atoms with Gasteiger partial charge < -0.3 is 10.2 Å². The van der Waals surface area contributed by atoms with Gasteiger partial charge in [-0.25, -0.2) is 12.8 Å². The molecular formula is C29H34FN3O4S. The molecule has 0 heterocycles. The van der Waals surface area contributed by atoms with Crippen molar-refractivity contribution in [2.75, 3.05) is 10.8 Å². The molecule has 3 rings (SSSR count). The minimum absolute atomic E-state index is 0.133. The Morgan fingerprint density at radius 2 is 1.53 bits per heavy atom. The summed E-state index contributed by atoms with van der Waals surface area (Å²) in [6.45, 7) is 7.00. The van der Waals surface area contributed by atoms with Gasteiger partial charge in [-0.3, -0.25) is 13.9 Å². The highest BCUT2D eigenvalue weighted by atomic mass is 32.2. The average molecular weight is 540 g/mol. The summed E-state index contributed by atoms with van der Waals surface area (Å²) in [6.07, 6.45) is 0.340. The molecule has 1 N–H and O–H groups in total. The number of hydrogen-bond acceptors (Lipinski definition) is 4. The molecule has 0 saturated heterocycles. The van der Waals surface area contributed by atoms with Crippen LogP contribution in [0, 0.1) is 12.7 Å². The number of nitrogens with zero attached hydrogens (tertiary/aromatic N) is 2. The first kappa shape index (κ1) is 28.8. The van der Waals surface area contributed by atoms with Crippen LogP contribution in [0.5, 0.6) is 0 Å². The van der Waals surface area contributed by atoms with E-state index in [1.165, 1.54) is 17.0 Å². The molecule has 0 aliphatic carbocycles. The van der Waals surface area contributed by atoms with E-state index in [2.05, 4.69) is 5.32 Å². The van der Waals surface area contributed by atoms with Crippen molar-refractivity contribution in [3.8, 4) is 0 Å². The van der Waals surface area contributed by atoms with E-state index < -0.39 is 34.3 Å². The molecule has 0 fully saturated rings. The third-order valence-corrected chi connectivity index (χ3v) is 7.93. The van der Waals surface area contributed by atoms with Gasteiger partial charge in [-0.2, -0.15) is 0 Å². The molecule has 0 spiro atoms. The Bertz CT molecular complexity index is 1350. The first-order valence-corrected chi connectivity index (χ1v) is 14.0. The summed E-state index contributed by atoms with van der Waals surface area (Å²) < 4.78 is 41.9. The zero-order chi connectivity index (χ0) is 27.9. The van der Waals surface area contributed by atoms with Gasteiger partial charge in [0.15, 0.2) is 0 Å². The van der Waals surface area contributed by atoms with Crippen LogP contribution in [0.4, 0.5) is 10.1 Å². The lowest BCUT2D eigenvalue weighted by Gasteiger charge is -2.34. The van der Waals surface area contributed by atoms with Crippen LogP contribution in [-0.4, -0.2) is 43.8 Å². The number of halogens is 1. The average Bonchev–Trinajstić information content (AvgIpc) is 2.88. The molecule has 1 unspecified atom stereocenters. The number of nitrogens with one attached hydrogen (secondary N) is 1. The molecule has 0 aromatic heterocycles. The molecule has 1 atom stereocenters. The predicted molar refractivity (Wildman–Crippen MR) is 146 cm³/mol. The van der Waals surface area contributed by atoms with E-state index >= 15 is 0 Å². The van der Waals surface area contributed by atoms with Crippen LogP contribution in [0.1, 0.15) is 38.3 Å². The van der Waals surface area contributed by atoms with Crippen molar-refractivity contribution in [2.45, 2.75) is 57.6 Å². The van der Waals surface area contributed by atoms with Crippen LogP contribution in [0.3, 0.4) is 0 Å². The van der Waals surface area contributed by atoms with Crippen LogP contribution in [0.2, 0.25) is 0 Å². The Labute approximate surface area is 224 Å². The zero-order valence-corrected chi connectivity index (χ0v) is 22.9. The second-order valence-corrected chi connectivity index (χ2v) is 11.2. The second kappa shape index (κ2) is 12.7. The Hall–Kier alpha value is -3.72. The van der Waals surface area contributed by atoms with Gasteiger partial charge in [0.25, 0.3) is 10.0 Å². The van der Waals surface area contributed by atoms with E-state index in [0.717, 1.165) is 27.6 Å². The number of aryl methyl sites for hydroxylation is 1. The molecule has 0 aliphatic rings. The molecule has 0 aliphatic heterocycles. The molecule has 9 heteroatoms. The van der Waals surface area contributed by atoms with Crippen LogP contribution in [0.15, 0.2) is 83.8 Å². The van der Waals surface area contributed by atoms with Gasteiger partial charge in [0, 0.05) is 12.6 Å². The molecule has 3 aromatic rings. The van der Waals surface area contributed by atoms with E-state index in [-0.39, 0.29) is 29.1 Å². The fourth-order valence-corrected chi connectivity index (χ4v) is 5.54. The van der Waals surface area contributed by atoms with Crippen molar-refractivity contribution in [2.24, 2.45) is 0 Å². The number of anilines is 1. The van der Waals surface area contributed by atoms with Crippen LogP contribution < -0.4 is 9.62 Å². The third kappa shape index (κ3) is 6.98. The summed E-state index contributed by atoms with van der Waals surface area (Å²) in [6, 6.07) is 19.3. The fraction of sp³-hybridized carbons (Fsp3) is 0.310. The lowest BCUT2D eigenvalue weighted by atomic mass is 10.1. The third-order valence-electron chi connectivity index (χ3n) is 6.14. The van der Waals surface area contributed by atoms with Crippen LogP contribution in [0.25, 0.3) is 0 Å². The minimum atomic E-state index is -4.23. The molecule has 38 heavy (non-hydrogen) atoms. The van der Waals surface area contributed by atoms with Crippen molar-refractivity contribution in [3.05, 3.63) is 95.8 Å². The molecule has 7 nitrogen and oxygen atoms in total. The van der Waals surface area contributed by atoms with Gasteiger partial charge in [0.05, 0.1) is 10.6 Å². The number of sulfonamides is 1. The van der Waals surface area contributed by atoms with Crippen molar-refractivity contribution in [1.29, 1.82) is 0 Å². The lowest BCUT2D eigenvalue weighted by molar-refractivity contribution is -0.140. The molecule has 2 amide bonds. The SMILES string of the molecule is CCC(C(=O)NC(C)C)N(Cc1ccccc1C)C(=O)CN(c1ccccc1)S(=O)(=O)c1ccc(F)cc1. The summed E-state index contributed by atoms with van der Waals surface area (Å²) >= 11 is 0. The largest absolute Gasteiger partial charge is 0.352 e. The summed E-state index contributed by atoms with van der Waals surface area (Å²) in [5.74, 6) is -1.41. The van der Waals surface area contributed by atoms with Crippen molar-refractivity contribution in [1.82, 2.24) is 10.2 Å². The number of carbonyl (C=O) groups is 2. The van der Waals surface area contributed by atoms with Crippen molar-refractivity contribution >= 4 is 27.5 Å². The summed E-state index contributed by atoms with van der Waals surface area (Å²) in [7, 11) is -4.23. The number of benzene rings is 3. The number of amides is 2. The summed E-state index contributed by atoms with van der Waals surface area (Å²) in [4.78, 5) is 28.4. The van der Waals surface area contributed by atoms with Gasteiger partial charge in [0.2, 0.25) is 11.8 Å². The first-order chi connectivity index (χ1) is 18.0. The van der Waals surface area contributed by atoms with Gasteiger partial charge >= 0.3 is 0 Å². The van der Waals surface area contributed by atoms with E-state index in [1.54, 1.807) is 30.3 Å². The van der Waals surface area contributed by atoms with Crippen LogP contribution in [-0.2, 0) is 26.2 Å². The quantitative estimate of drug-likeness (QED) is 0.384. The summed E-state index contributed by atoms with van der Waals surface area (Å²) in [5.41, 5.74) is 2.08. The second-order valence-electron chi connectivity index (χ2n) is 9.34. The topological polar surface area (TPSA) is 86.8 Å². The Morgan fingerprint density at radius 3 is 2.11 bits per heavy atom. The van der Waals surface area contributed by atoms with E-state index in [1.807, 2.05) is 52.0 Å². The molecule has 0 radical (unpaired) electrons. The highest BCUT2D eigenvalue weighted by molar-refractivity contribution is 7.92. The number of hydrogen-bond donors (Lipinski definition) is 1. The fourth-order valence-electron chi connectivity index (χ4n) is 4.13. The van der Waals surface area contributed by atoms with Crippen molar-refractivity contribution in [3.63, 3.8) is 0 Å². The van der Waals surface area contributed by atoms with Crippen LogP contribution >= 0.6 is 0 Å². The Balaban J connectivity index is 2.05. The molecule has 0 bridgehead atoms. The number of para-hydroxylation sites is 1. The normalized spacial score (nSPS) is 12.2. The maximum atomic E-state index is 13.9. The smallest absolute Gasteiger partial charge is 0.264 e. The maximum absolute atomic E-state index is 13.9. The monoisotopic (exact) mass is 539 g/mol. The Kier molecular flexibility index (Phi) is 9.63. The minimum Gasteiger partial charge on any atom is -0.352 e. The first-order valence-electron chi connectivity index (χ1n) is 12.5. The maximum Gasteiger partial charge on any atom is 0.264 e. The zero-order valence-electron chi connectivity index (χ0n) is 22.1. The lowest BCUT2D eigenvalue weighted by Crippen LogP contribution is -2.53. The summed E-state index contributed by atoms with van der Waals surface area (Å²) in [5, 5.41) is 2.88. The standard InChI is InChI=1S/C29H34FN3O4S/c1-5-27(29(35)31-21(2)3)32(19-23-12-10-9-11-22(23)4)28(34)20-33(25-13-7-6-8-14-25)38(36,37)26-17-15-24(30)16-18-26/h6-18,21,27H,5,19-20H2,1-4H3,(H,31,35). The highest BCUT2D eigenvalue weighted by Gasteiger charge is 2.34. The molecular weight excluding hydrogens is 505 g/mol. The van der Waals surface area contributed by atoms with Gasteiger partial charge in [-0.1, -0.05) is 49.4 Å². The van der Waals surface area contributed by atoms with Gasteiger partial charge in [-0.15, -0.1) is 0 Å². The van der Waals surface area contributed by atoms with Crippen molar-refractivity contribution < 1.29 is 22.4 Å². The van der Waals surface area contributed by atoms with E-state index in [0.29, 0.717) is 6.42 Å². The van der Waals surface area contributed by atoms with E-state index in [4.69, 9.17) is 0 Å². The van der Waals surface area contributed by atoms with E-state index in [9.17, 15) is 22.4 Å². The Morgan fingerprint density at radius 1 is 0.921 bits per heavy atom. The molecule has 202 valence electrons. The van der Waals surface area contributed by atoms with Gasteiger partial charge in [-0.05, 0) is 74.7 Å². The molecule has 3 aromatic carbocycles. The number of rotatable bonds is 11. The van der Waals surface area contributed by atoms with Gasteiger partial charge in [0.1, 0.15) is 18.4 Å². The predicted octanol–water partition coefficient (Wildman–Crippen LogP) is 4.66. The number of carbonyl (C=O) groups excluding carboxylic acids is 2. The highest BCUT2D eigenvalue weighted by Crippen LogP contribution is 2.25. The molecule has 0 saturated carbocycles.